The van der Waals surface area contributed by atoms with Crippen LogP contribution in [0.3, 0.4) is 0 Å². The van der Waals surface area contributed by atoms with Gasteiger partial charge in [0.25, 0.3) is 0 Å². The van der Waals surface area contributed by atoms with Crippen LogP contribution in [0, 0.1) is 6.92 Å². The van der Waals surface area contributed by atoms with Crippen LogP contribution in [0.15, 0.2) is 18.3 Å². The van der Waals surface area contributed by atoms with Crippen molar-refractivity contribution in [3.8, 4) is 0 Å². The molecule has 0 aliphatic carbocycles. The van der Waals surface area contributed by atoms with Crippen molar-refractivity contribution in [2.75, 3.05) is 13.1 Å². The summed E-state index contributed by atoms with van der Waals surface area (Å²) in [6, 6.07) is 4.32. The predicted molar refractivity (Wildman–Crippen MR) is 125 cm³/mol. The molecule has 2 aromatic rings. The topological polar surface area (TPSA) is 65.3 Å². The highest BCUT2D eigenvalue weighted by atomic mass is 16.7. The molecule has 0 unspecified atom stereocenters. The lowest BCUT2D eigenvalue weighted by molar-refractivity contribution is 0.00578. The number of aromatic nitrogens is 2. The van der Waals surface area contributed by atoms with Crippen molar-refractivity contribution < 1.29 is 18.8 Å². The van der Waals surface area contributed by atoms with Gasteiger partial charge in [0.1, 0.15) is 5.60 Å². The van der Waals surface area contributed by atoms with Crippen LogP contribution in [0.4, 0.5) is 4.79 Å². The highest BCUT2D eigenvalue weighted by Gasteiger charge is 2.52. The summed E-state index contributed by atoms with van der Waals surface area (Å²) in [5, 5.41) is 4.67. The second kappa shape index (κ2) is 7.77. The lowest BCUT2D eigenvalue weighted by atomic mass is 9.79. The van der Waals surface area contributed by atoms with E-state index in [-0.39, 0.29) is 17.3 Å². The smallest absolute Gasteiger partial charge is 0.444 e. The normalized spacial score (nSPS) is 21.4. The van der Waals surface area contributed by atoms with Crippen molar-refractivity contribution in [2.24, 2.45) is 0 Å². The Kier molecular flexibility index (Phi) is 5.61. The van der Waals surface area contributed by atoms with Crippen LogP contribution in [-0.2, 0) is 14.0 Å². The molecule has 0 aromatic carbocycles. The number of carbonyl (C=O) groups excluding carboxylic acids is 1. The Morgan fingerprint density at radius 2 is 1.72 bits per heavy atom. The average molecular weight is 441 g/mol. The number of aryl methyl sites for hydroxylation is 1. The van der Waals surface area contributed by atoms with Gasteiger partial charge in [-0.1, -0.05) is 6.07 Å². The number of likely N-dealkylation sites (tertiary alicyclic amines) is 1. The monoisotopic (exact) mass is 441 g/mol. The second-order valence-electron chi connectivity index (χ2n) is 11.1. The minimum Gasteiger partial charge on any atom is -0.444 e. The average Bonchev–Trinajstić information content (AvgIpc) is 3.19. The summed E-state index contributed by atoms with van der Waals surface area (Å²) in [6.07, 6.45) is 3.47. The number of carbonyl (C=O) groups is 1. The van der Waals surface area contributed by atoms with Gasteiger partial charge in [-0.3, -0.25) is 0 Å². The first-order chi connectivity index (χ1) is 14.8. The van der Waals surface area contributed by atoms with E-state index in [0.29, 0.717) is 19.0 Å². The Hall–Kier alpha value is -2.06. The van der Waals surface area contributed by atoms with Crippen LogP contribution in [0.25, 0.3) is 5.52 Å². The first-order valence-corrected chi connectivity index (χ1v) is 11.6. The highest BCUT2D eigenvalue weighted by Crippen LogP contribution is 2.37. The highest BCUT2D eigenvalue weighted by molar-refractivity contribution is 6.64. The first kappa shape index (κ1) is 23.1. The van der Waals surface area contributed by atoms with Gasteiger partial charge in [-0.2, -0.15) is 5.10 Å². The summed E-state index contributed by atoms with van der Waals surface area (Å²) < 4.78 is 20.0. The van der Waals surface area contributed by atoms with Crippen molar-refractivity contribution in [1.82, 2.24) is 14.5 Å². The fourth-order valence-corrected chi connectivity index (χ4v) is 4.50. The van der Waals surface area contributed by atoms with Gasteiger partial charge in [-0.25, -0.2) is 9.31 Å². The summed E-state index contributed by atoms with van der Waals surface area (Å²) >= 11 is 0. The van der Waals surface area contributed by atoms with Gasteiger partial charge in [-0.15, -0.1) is 0 Å². The Morgan fingerprint density at radius 3 is 2.28 bits per heavy atom. The molecular weight excluding hydrogens is 405 g/mol. The molecule has 0 bridgehead atoms. The fourth-order valence-electron chi connectivity index (χ4n) is 4.50. The minimum atomic E-state index is -0.468. The van der Waals surface area contributed by atoms with Gasteiger partial charge in [0.2, 0.25) is 0 Å². The summed E-state index contributed by atoms with van der Waals surface area (Å²) in [5.74, 6) is 0.391. The number of rotatable bonds is 2. The summed E-state index contributed by atoms with van der Waals surface area (Å²) in [6.45, 7) is 17.5. The molecule has 0 spiro atoms. The van der Waals surface area contributed by atoms with Crippen molar-refractivity contribution in [3.05, 3.63) is 29.6 Å². The molecule has 2 aliphatic rings. The van der Waals surface area contributed by atoms with E-state index in [1.807, 2.05) is 36.4 Å². The third-order valence-electron chi connectivity index (χ3n) is 7.09. The number of fused-ring (bicyclic) bond motifs is 1. The maximum atomic E-state index is 12.4. The summed E-state index contributed by atoms with van der Waals surface area (Å²) in [4.78, 5) is 14.2. The molecule has 0 N–H and O–H groups in total. The Bertz CT molecular complexity index is 1000. The number of amides is 1. The van der Waals surface area contributed by atoms with E-state index < -0.39 is 12.7 Å². The zero-order valence-electron chi connectivity index (χ0n) is 20.7. The maximum absolute atomic E-state index is 12.4. The molecule has 2 fully saturated rings. The first-order valence-electron chi connectivity index (χ1n) is 11.6. The Morgan fingerprint density at radius 1 is 1.12 bits per heavy atom. The number of piperidine rings is 1. The van der Waals surface area contributed by atoms with E-state index in [1.165, 1.54) is 5.56 Å². The molecule has 2 saturated heterocycles. The predicted octanol–water partition coefficient (Wildman–Crippen LogP) is 4.06. The van der Waals surface area contributed by atoms with Gasteiger partial charge in [-0.05, 0) is 85.8 Å². The number of hydrogen-bond donors (Lipinski definition) is 0. The molecule has 7 nitrogen and oxygen atoms in total. The van der Waals surface area contributed by atoms with Crippen LogP contribution < -0.4 is 5.46 Å². The van der Waals surface area contributed by atoms with Gasteiger partial charge < -0.3 is 18.9 Å². The van der Waals surface area contributed by atoms with Gasteiger partial charge >= 0.3 is 13.2 Å². The number of ether oxygens (including phenoxy) is 1. The van der Waals surface area contributed by atoms with Crippen molar-refractivity contribution in [2.45, 2.75) is 91.0 Å². The maximum Gasteiger partial charge on any atom is 0.498 e. The van der Waals surface area contributed by atoms with E-state index in [9.17, 15) is 4.79 Å². The third kappa shape index (κ3) is 4.15. The third-order valence-corrected chi connectivity index (χ3v) is 7.09. The molecule has 0 saturated carbocycles. The minimum absolute atomic E-state index is 0.220. The van der Waals surface area contributed by atoms with Crippen LogP contribution in [0.1, 0.15) is 78.5 Å². The van der Waals surface area contributed by atoms with Gasteiger partial charge in [0, 0.05) is 30.4 Å². The molecule has 8 heteroatoms. The van der Waals surface area contributed by atoms with E-state index >= 15 is 0 Å². The van der Waals surface area contributed by atoms with E-state index in [4.69, 9.17) is 14.0 Å². The number of pyridine rings is 1. The molecule has 0 atom stereocenters. The van der Waals surface area contributed by atoms with Crippen molar-refractivity contribution in [3.63, 3.8) is 0 Å². The number of hydrogen-bond acceptors (Lipinski definition) is 5. The molecule has 174 valence electrons. The number of nitrogens with zero attached hydrogens (tertiary/aromatic N) is 3. The molecule has 32 heavy (non-hydrogen) atoms. The van der Waals surface area contributed by atoms with Crippen LogP contribution >= 0.6 is 0 Å². The van der Waals surface area contributed by atoms with Gasteiger partial charge in [0.15, 0.2) is 0 Å². The summed E-state index contributed by atoms with van der Waals surface area (Å²) in [5.41, 5.74) is 3.14. The largest absolute Gasteiger partial charge is 0.498 e. The SMILES string of the molecule is Cc1c(C2CCN(C(=O)OC(C)(C)C)CC2)ccc2c(B3OC(C)(C)C(C)(C)O3)cnn12. The molecule has 0 radical (unpaired) electrons. The molecule has 4 heterocycles. The molecular formula is C24H36BN3O4. The second-order valence-corrected chi connectivity index (χ2v) is 11.1. The van der Waals surface area contributed by atoms with Crippen LogP contribution in [-0.4, -0.2) is 57.6 Å². The molecule has 2 aliphatic heterocycles. The van der Waals surface area contributed by atoms with E-state index in [2.05, 4.69) is 51.9 Å². The van der Waals surface area contributed by atoms with Crippen molar-refractivity contribution in [1.29, 1.82) is 0 Å². The van der Waals surface area contributed by atoms with E-state index in [1.54, 1.807) is 0 Å². The van der Waals surface area contributed by atoms with Crippen LogP contribution in [0.5, 0.6) is 0 Å². The Labute approximate surface area is 191 Å². The van der Waals surface area contributed by atoms with Crippen LogP contribution in [0.2, 0.25) is 0 Å². The zero-order valence-corrected chi connectivity index (χ0v) is 20.7. The lowest BCUT2D eigenvalue weighted by Gasteiger charge is -2.34. The summed E-state index contributed by atoms with van der Waals surface area (Å²) in [7, 11) is -0.431. The molecule has 4 rings (SSSR count). The van der Waals surface area contributed by atoms with Gasteiger partial charge in [0.05, 0.1) is 16.7 Å². The fraction of sp³-hybridized carbons (Fsp3) is 0.667. The van der Waals surface area contributed by atoms with E-state index in [0.717, 1.165) is 29.5 Å². The quantitative estimate of drug-likeness (QED) is 0.658. The molecule has 1 amide bonds. The van der Waals surface area contributed by atoms with Crippen molar-refractivity contribution >= 4 is 24.2 Å². The Balaban J connectivity index is 1.51. The standard InChI is InChI=1S/C24H36BN3O4/c1-16-18(17-11-13-27(14-12-17)21(29)30-22(2,3)4)9-10-20-19(15-26-28(16)20)25-31-23(5,6)24(7,8)32-25/h9-10,15,17H,11-14H2,1-8H3. The molecule has 2 aromatic heterocycles. The zero-order chi connectivity index (χ0) is 23.5. The lowest BCUT2D eigenvalue weighted by Crippen LogP contribution is -2.41.